The molecule has 3 heterocycles. The molecular weight excluding hydrogens is 440 g/mol. The van der Waals surface area contributed by atoms with Gasteiger partial charge in [0.2, 0.25) is 5.95 Å². The summed E-state index contributed by atoms with van der Waals surface area (Å²) >= 11 is 0. The third-order valence-electron chi connectivity index (χ3n) is 5.58. The van der Waals surface area contributed by atoms with Crippen LogP contribution in [0.1, 0.15) is 34.6 Å². The van der Waals surface area contributed by atoms with Crippen LogP contribution in [0.2, 0.25) is 0 Å². The molecule has 2 N–H and O–H groups in total. The lowest BCUT2D eigenvalue weighted by Crippen LogP contribution is -2.23. The number of nitrogens with two attached hydrogens (primary N) is 1. The Balaban J connectivity index is 1.75. The minimum atomic E-state index is -0.246. The average Bonchev–Trinajstić information content (AvgIpc) is 3.46. The molecule has 0 atom stereocenters. The van der Waals surface area contributed by atoms with Gasteiger partial charge in [-0.15, -0.1) is 0 Å². The van der Waals surface area contributed by atoms with E-state index in [0.29, 0.717) is 0 Å². The first-order valence-electron chi connectivity index (χ1n) is 11.5. The van der Waals surface area contributed by atoms with Crippen LogP contribution in [0, 0.1) is 0 Å². The Labute approximate surface area is 203 Å². The largest absolute Gasteiger partial charge is 0.491 e. The van der Waals surface area contributed by atoms with Crippen LogP contribution in [0.25, 0.3) is 39.2 Å². The zero-order valence-corrected chi connectivity index (χ0v) is 20.5. The molecule has 5 aromatic rings. The molecule has 35 heavy (non-hydrogen) atoms. The van der Waals surface area contributed by atoms with Gasteiger partial charge >= 0.3 is 0 Å². The van der Waals surface area contributed by atoms with E-state index in [-0.39, 0.29) is 17.6 Å². The number of aromatic nitrogens is 7. The Morgan fingerprint density at radius 2 is 1.74 bits per heavy atom. The highest BCUT2D eigenvalue weighted by molar-refractivity contribution is 5.87. The number of hydrogen-bond acceptors (Lipinski definition) is 7. The smallest absolute Gasteiger partial charge is 0.219 e. The first-order valence-corrected chi connectivity index (χ1v) is 11.5. The summed E-state index contributed by atoms with van der Waals surface area (Å²) in [6.45, 7) is 10.5. The van der Waals surface area contributed by atoms with E-state index in [9.17, 15) is 0 Å². The van der Waals surface area contributed by atoms with Crippen LogP contribution < -0.4 is 10.5 Å². The number of benzene rings is 2. The lowest BCUT2D eigenvalue weighted by molar-refractivity contribution is 0.242. The van der Waals surface area contributed by atoms with Crippen molar-refractivity contribution < 1.29 is 4.74 Å². The molecule has 5 rings (SSSR count). The van der Waals surface area contributed by atoms with E-state index < -0.39 is 0 Å². The van der Waals surface area contributed by atoms with Gasteiger partial charge in [0.1, 0.15) is 24.2 Å². The van der Waals surface area contributed by atoms with E-state index in [0.717, 1.165) is 45.0 Å². The van der Waals surface area contributed by atoms with Gasteiger partial charge in [0.25, 0.3) is 0 Å². The maximum absolute atomic E-state index is 6.03. The van der Waals surface area contributed by atoms with Crippen molar-refractivity contribution in [1.29, 1.82) is 0 Å². The molecule has 0 spiro atoms. The molecule has 0 fully saturated rings. The number of ether oxygens (including phenoxy) is 1. The zero-order valence-electron chi connectivity index (χ0n) is 20.5. The molecule has 0 aliphatic heterocycles. The summed E-state index contributed by atoms with van der Waals surface area (Å²) in [5.41, 5.74) is 10.9. The second-order valence-electron chi connectivity index (χ2n) is 9.66. The third-order valence-corrected chi connectivity index (χ3v) is 5.58. The number of hydrogen-bond donors (Lipinski definition) is 1. The summed E-state index contributed by atoms with van der Waals surface area (Å²) in [6, 6.07) is 12.2. The number of nitrogen functional groups attached to an aromatic ring is 1. The van der Waals surface area contributed by atoms with Gasteiger partial charge in [0.15, 0.2) is 0 Å². The molecule has 0 amide bonds. The molecule has 0 saturated heterocycles. The second kappa shape index (κ2) is 8.50. The molecule has 0 unspecified atom stereocenters. The predicted molar refractivity (Wildman–Crippen MR) is 136 cm³/mol. The minimum Gasteiger partial charge on any atom is -0.491 e. The van der Waals surface area contributed by atoms with E-state index in [1.807, 2.05) is 32.0 Å². The van der Waals surface area contributed by atoms with Crippen LogP contribution in [0.4, 0.5) is 5.95 Å². The summed E-state index contributed by atoms with van der Waals surface area (Å²) in [5, 5.41) is 4.37. The highest BCUT2D eigenvalue weighted by Crippen LogP contribution is 2.37. The fourth-order valence-electron chi connectivity index (χ4n) is 4.18. The van der Waals surface area contributed by atoms with Gasteiger partial charge in [-0.3, -0.25) is 0 Å². The normalized spacial score (nSPS) is 11.9. The van der Waals surface area contributed by atoms with E-state index >= 15 is 0 Å². The van der Waals surface area contributed by atoms with Crippen molar-refractivity contribution in [2.45, 2.75) is 46.3 Å². The van der Waals surface area contributed by atoms with Gasteiger partial charge in [-0.1, -0.05) is 6.07 Å². The topological polar surface area (TPSA) is 110 Å². The van der Waals surface area contributed by atoms with Crippen molar-refractivity contribution in [3.8, 4) is 34.0 Å². The molecule has 0 bridgehead atoms. The molecule has 0 radical (unpaired) electrons. The van der Waals surface area contributed by atoms with Gasteiger partial charge in [-0.2, -0.15) is 5.10 Å². The molecule has 9 heteroatoms. The fourth-order valence-corrected chi connectivity index (χ4v) is 4.18. The van der Waals surface area contributed by atoms with Gasteiger partial charge in [0.05, 0.1) is 22.8 Å². The monoisotopic (exact) mass is 468 g/mol. The van der Waals surface area contributed by atoms with E-state index in [4.69, 9.17) is 15.5 Å². The number of nitrogens with zero attached hydrogens (tertiary/aromatic N) is 7. The van der Waals surface area contributed by atoms with E-state index in [1.54, 1.807) is 23.4 Å². The van der Waals surface area contributed by atoms with E-state index in [1.165, 1.54) is 6.33 Å². The molecule has 178 valence electrons. The summed E-state index contributed by atoms with van der Waals surface area (Å²) in [5.74, 6) is 1.84. The number of rotatable bonds is 5. The molecular formula is C26H28N8O. The Morgan fingerprint density at radius 1 is 0.971 bits per heavy atom. The number of anilines is 1. The van der Waals surface area contributed by atoms with Crippen LogP contribution in [-0.4, -0.2) is 40.4 Å². The third kappa shape index (κ3) is 4.32. The molecule has 0 aliphatic carbocycles. The van der Waals surface area contributed by atoms with E-state index in [2.05, 4.69) is 63.6 Å². The number of imidazole rings is 1. The lowest BCUT2D eigenvalue weighted by Gasteiger charge is -2.25. The van der Waals surface area contributed by atoms with Gasteiger partial charge < -0.3 is 15.0 Å². The quantitative estimate of drug-likeness (QED) is 0.392. The second-order valence-corrected chi connectivity index (χ2v) is 9.66. The van der Waals surface area contributed by atoms with Crippen molar-refractivity contribution in [2.75, 3.05) is 5.73 Å². The Morgan fingerprint density at radius 3 is 2.40 bits per heavy atom. The predicted octanol–water partition coefficient (Wildman–Crippen LogP) is 4.87. The first-order chi connectivity index (χ1) is 16.7. The highest BCUT2D eigenvalue weighted by atomic mass is 16.5. The molecule has 0 aliphatic rings. The fraction of sp³-hybridized carbons (Fsp3) is 0.269. The molecule has 9 nitrogen and oxygen atoms in total. The van der Waals surface area contributed by atoms with Crippen molar-refractivity contribution in [1.82, 2.24) is 34.3 Å². The van der Waals surface area contributed by atoms with Crippen molar-refractivity contribution >= 4 is 17.0 Å². The Hall–Kier alpha value is -4.27. The van der Waals surface area contributed by atoms with Crippen LogP contribution in [0.5, 0.6) is 5.75 Å². The Kier molecular flexibility index (Phi) is 5.47. The zero-order chi connectivity index (χ0) is 24.7. The lowest BCUT2D eigenvalue weighted by atomic mass is 10.0. The summed E-state index contributed by atoms with van der Waals surface area (Å²) in [7, 11) is 0. The van der Waals surface area contributed by atoms with Crippen LogP contribution in [0.3, 0.4) is 0 Å². The SMILES string of the molecule is CC(C)Oc1ccc(-n2cncn2)c(-c2nc3cc(-c4cnc(N)nc4)ccc3n2C(C)(C)C)c1. The van der Waals surface area contributed by atoms with Gasteiger partial charge in [-0.25, -0.2) is 24.6 Å². The van der Waals surface area contributed by atoms with Gasteiger partial charge in [0, 0.05) is 29.1 Å². The first kappa shape index (κ1) is 22.5. The molecule has 0 saturated carbocycles. The van der Waals surface area contributed by atoms with Crippen molar-refractivity contribution in [2.24, 2.45) is 0 Å². The summed E-state index contributed by atoms with van der Waals surface area (Å²) in [4.78, 5) is 17.5. The maximum Gasteiger partial charge on any atom is 0.219 e. The summed E-state index contributed by atoms with van der Waals surface area (Å²) in [6.07, 6.45) is 6.70. The standard InChI is InChI=1S/C26H28N8O/c1-16(2)35-19-7-9-22(33-15-28-14-31-33)20(11-19)24-32-21-10-17(18-12-29-25(27)30-13-18)6-8-23(21)34(24)26(3,4)5/h6-16H,1-5H3,(H2,27,29,30). The maximum atomic E-state index is 6.03. The van der Waals surface area contributed by atoms with Crippen LogP contribution in [-0.2, 0) is 5.54 Å². The number of fused-ring (bicyclic) bond motifs is 1. The van der Waals surface area contributed by atoms with Crippen LogP contribution in [0.15, 0.2) is 61.4 Å². The minimum absolute atomic E-state index is 0.0474. The van der Waals surface area contributed by atoms with Gasteiger partial charge in [-0.05, 0) is 70.5 Å². The highest BCUT2D eigenvalue weighted by Gasteiger charge is 2.25. The Bertz CT molecular complexity index is 1480. The molecule has 3 aromatic heterocycles. The average molecular weight is 469 g/mol. The van der Waals surface area contributed by atoms with Crippen molar-refractivity contribution in [3.63, 3.8) is 0 Å². The molecule has 2 aromatic carbocycles. The van der Waals surface area contributed by atoms with Crippen molar-refractivity contribution in [3.05, 3.63) is 61.4 Å². The summed E-state index contributed by atoms with van der Waals surface area (Å²) < 4.78 is 10.0. The van der Waals surface area contributed by atoms with Crippen LogP contribution >= 0.6 is 0 Å².